The third-order valence-electron chi connectivity index (χ3n) is 4.83. The molecular formula is C19H28N2O4. The molecule has 0 atom stereocenters. The minimum atomic E-state index is -0.730. The Balaban J connectivity index is 1.58. The van der Waals surface area contributed by atoms with Crippen LogP contribution in [0.1, 0.15) is 43.2 Å². The Morgan fingerprint density at radius 2 is 1.92 bits per heavy atom. The van der Waals surface area contributed by atoms with Crippen LogP contribution >= 0.6 is 0 Å². The Hall–Kier alpha value is -2.24. The van der Waals surface area contributed by atoms with Crippen molar-refractivity contribution in [2.75, 3.05) is 13.2 Å². The standard InChI is InChI=1S/C19H28N2O4/c1-13-5-3-6-17(14(13)2)25-12-4-11-20-19(24)21-16-9-7-15(8-10-16)18(22)23/h3,5-6,15-16H,4,7-12H2,1-2H3,(H,22,23)(H2,20,21,24). The summed E-state index contributed by atoms with van der Waals surface area (Å²) in [5.74, 6) is -0.102. The van der Waals surface area contributed by atoms with E-state index >= 15 is 0 Å². The number of carbonyl (C=O) groups is 2. The largest absolute Gasteiger partial charge is 0.493 e. The lowest BCUT2D eigenvalue weighted by molar-refractivity contribution is -0.142. The van der Waals surface area contributed by atoms with Crippen molar-refractivity contribution in [2.45, 2.75) is 52.0 Å². The van der Waals surface area contributed by atoms with Gasteiger partial charge in [0, 0.05) is 12.6 Å². The van der Waals surface area contributed by atoms with Crippen molar-refractivity contribution in [3.63, 3.8) is 0 Å². The van der Waals surface area contributed by atoms with E-state index in [9.17, 15) is 9.59 Å². The molecule has 2 rings (SSSR count). The molecule has 1 saturated carbocycles. The smallest absolute Gasteiger partial charge is 0.315 e. The molecule has 2 amide bonds. The molecule has 6 heteroatoms. The van der Waals surface area contributed by atoms with E-state index in [1.54, 1.807) is 0 Å². The second-order valence-electron chi connectivity index (χ2n) is 6.69. The van der Waals surface area contributed by atoms with Gasteiger partial charge in [0.15, 0.2) is 0 Å². The minimum Gasteiger partial charge on any atom is -0.493 e. The van der Waals surface area contributed by atoms with Gasteiger partial charge in [0.25, 0.3) is 0 Å². The number of carboxylic acids is 1. The lowest BCUT2D eigenvalue weighted by atomic mass is 9.86. The molecule has 0 heterocycles. The van der Waals surface area contributed by atoms with Gasteiger partial charge in [-0.1, -0.05) is 12.1 Å². The SMILES string of the molecule is Cc1cccc(OCCCNC(=O)NC2CCC(C(=O)O)CC2)c1C. The number of hydrogen-bond acceptors (Lipinski definition) is 3. The second kappa shape index (κ2) is 9.30. The zero-order valence-electron chi connectivity index (χ0n) is 15.0. The molecule has 138 valence electrons. The number of nitrogens with one attached hydrogen (secondary N) is 2. The number of aliphatic carboxylic acids is 1. The third kappa shape index (κ3) is 5.96. The Bertz CT molecular complexity index is 595. The van der Waals surface area contributed by atoms with Gasteiger partial charge in [0.05, 0.1) is 12.5 Å². The number of carboxylic acid groups (broad SMARTS) is 1. The molecule has 0 aliphatic heterocycles. The predicted molar refractivity (Wildman–Crippen MR) is 95.9 cm³/mol. The van der Waals surface area contributed by atoms with E-state index in [1.165, 1.54) is 5.56 Å². The lowest BCUT2D eigenvalue weighted by Crippen LogP contribution is -2.44. The van der Waals surface area contributed by atoms with Crippen molar-refractivity contribution in [1.82, 2.24) is 10.6 Å². The summed E-state index contributed by atoms with van der Waals surface area (Å²) in [4.78, 5) is 22.8. The molecule has 0 spiro atoms. The molecule has 6 nitrogen and oxygen atoms in total. The van der Waals surface area contributed by atoms with Crippen LogP contribution in [-0.4, -0.2) is 36.3 Å². The summed E-state index contributed by atoms with van der Waals surface area (Å²) >= 11 is 0. The lowest BCUT2D eigenvalue weighted by Gasteiger charge is -2.26. The average molecular weight is 348 g/mol. The summed E-state index contributed by atoms with van der Waals surface area (Å²) in [7, 11) is 0. The van der Waals surface area contributed by atoms with Gasteiger partial charge in [-0.15, -0.1) is 0 Å². The van der Waals surface area contributed by atoms with Gasteiger partial charge in [-0.3, -0.25) is 4.79 Å². The minimum absolute atomic E-state index is 0.0711. The molecule has 1 fully saturated rings. The van der Waals surface area contributed by atoms with Crippen LogP contribution in [0, 0.1) is 19.8 Å². The topological polar surface area (TPSA) is 87.7 Å². The highest BCUT2D eigenvalue weighted by molar-refractivity contribution is 5.74. The number of amides is 2. The van der Waals surface area contributed by atoms with Crippen molar-refractivity contribution < 1.29 is 19.4 Å². The summed E-state index contributed by atoms with van der Waals surface area (Å²) in [5.41, 5.74) is 2.35. The summed E-state index contributed by atoms with van der Waals surface area (Å²) in [6, 6.07) is 5.86. The van der Waals surface area contributed by atoms with E-state index in [0.29, 0.717) is 26.0 Å². The summed E-state index contributed by atoms with van der Waals surface area (Å²) in [6.45, 7) is 5.18. The molecule has 1 aromatic rings. The monoisotopic (exact) mass is 348 g/mol. The zero-order valence-corrected chi connectivity index (χ0v) is 15.0. The van der Waals surface area contributed by atoms with E-state index in [-0.39, 0.29) is 18.0 Å². The van der Waals surface area contributed by atoms with Gasteiger partial charge in [-0.25, -0.2) is 4.79 Å². The molecule has 0 saturated heterocycles. The maximum atomic E-state index is 11.9. The fourth-order valence-corrected chi connectivity index (χ4v) is 3.06. The summed E-state index contributed by atoms with van der Waals surface area (Å²) in [6.07, 6.45) is 3.43. The molecule has 0 aromatic heterocycles. The van der Waals surface area contributed by atoms with Gasteiger partial charge < -0.3 is 20.5 Å². The number of carbonyl (C=O) groups excluding carboxylic acids is 1. The predicted octanol–water partition coefficient (Wildman–Crippen LogP) is 3.01. The van der Waals surface area contributed by atoms with E-state index in [1.807, 2.05) is 19.1 Å². The van der Waals surface area contributed by atoms with Crippen molar-refractivity contribution in [2.24, 2.45) is 5.92 Å². The van der Waals surface area contributed by atoms with E-state index in [4.69, 9.17) is 9.84 Å². The normalized spacial score (nSPS) is 19.9. The van der Waals surface area contributed by atoms with Gasteiger partial charge >= 0.3 is 12.0 Å². The van der Waals surface area contributed by atoms with Crippen LogP contribution in [0.15, 0.2) is 18.2 Å². The number of benzene rings is 1. The first-order valence-electron chi connectivity index (χ1n) is 8.93. The first-order valence-corrected chi connectivity index (χ1v) is 8.93. The third-order valence-corrected chi connectivity index (χ3v) is 4.83. The molecule has 25 heavy (non-hydrogen) atoms. The van der Waals surface area contributed by atoms with Crippen molar-refractivity contribution >= 4 is 12.0 Å². The van der Waals surface area contributed by atoms with E-state index in [0.717, 1.165) is 30.6 Å². The van der Waals surface area contributed by atoms with E-state index in [2.05, 4.69) is 23.6 Å². The van der Waals surface area contributed by atoms with Crippen LogP contribution in [-0.2, 0) is 4.79 Å². The summed E-state index contributed by atoms with van der Waals surface area (Å²) < 4.78 is 5.76. The number of aryl methyl sites for hydroxylation is 1. The highest BCUT2D eigenvalue weighted by Crippen LogP contribution is 2.24. The molecule has 3 N–H and O–H groups in total. The van der Waals surface area contributed by atoms with Crippen LogP contribution in [0.2, 0.25) is 0 Å². The molecule has 0 unspecified atom stereocenters. The van der Waals surface area contributed by atoms with Gasteiger partial charge in [-0.2, -0.15) is 0 Å². The van der Waals surface area contributed by atoms with Gasteiger partial charge in [0.2, 0.25) is 0 Å². The maximum Gasteiger partial charge on any atom is 0.315 e. The van der Waals surface area contributed by atoms with Crippen LogP contribution in [0.25, 0.3) is 0 Å². The molecule has 0 bridgehead atoms. The molecule has 1 aliphatic carbocycles. The highest BCUT2D eigenvalue weighted by Gasteiger charge is 2.26. The number of rotatable bonds is 7. The van der Waals surface area contributed by atoms with Crippen molar-refractivity contribution in [3.8, 4) is 5.75 Å². The van der Waals surface area contributed by atoms with Crippen LogP contribution in [0.5, 0.6) is 5.75 Å². The van der Waals surface area contributed by atoms with Crippen LogP contribution in [0.4, 0.5) is 4.79 Å². The first-order chi connectivity index (χ1) is 12.0. The second-order valence-corrected chi connectivity index (χ2v) is 6.69. The fraction of sp³-hybridized carbons (Fsp3) is 0.579. The van der Waals surface area contributed by atoms with Gasteiger partial charge in [0.1, 0.15) is 5.75 Å². The summed E-state index contributed by atoms with van der Waals surface area (Å²) in [5, 5.41) is 14.7. The Labute approximate surface area is 149 Å². The molecular weight excluding hydrogens is 320 g/mol. The molecule has 0 radical (unpaired) electrons. The van der Waals surface area contributed by atoms with Crippen LogP contribution in [0.3, 0.4) is 0 Å². The molecule has 1 aromatic carbocycles. The Morgan fingerprint density at radius 3 is 2.60 bits per heavy atom. The maximum absolute atomic E-state index is 11.9. The Kier molecular flexibility index (Phi) is 7.10. The molecule has 1 aliphatic rings. The van der Waals surface area contributed by atoms with Crippen LogP contribution < -0.4 is 15.4 Å². The number of hydrogen-bond donors (Lipinski definition) is 3. The average Bonchev–Trinajstić information content (AvgIpc) is 2.58. The first kappa shape index (κ1) is 19.1. The highest BCUT2D eigenvalue weighted by atomic mass is 16.5. The Morgan fingerprint density at radius 1 is 1.20 bits per heavy atom. The van der Waals surface area contributed by atoms with E-state index < -0.39 is 5.97 Å². The fourth-order valence-electron chi connectivity index (χ4n) is 3.06. The number of urea groups is 1. The van der Waals surface area contributed by atoms with Gasteiger partial charge in [-0.05, 0) is 63.1 Å². The number of ether oxygens (including phenoxy) is 1. The van der Waals surface area contributed by atoms with Crippen molar-refractivity contribution in [3.05, 3.63) is 29.3 Å². The zero-order chi connectivity index (χ0) is 18.2. The quantitative estimate of drug-likeness (QED) is 0.661. The van der Waals surface area contributed by atoms with Crippen molar-refractivity contribution in [1.29, 1.82) is 0 Å².